The van der Waals surface area contributed by atoms with Gasteiger partial charge in [0.15, 0.2) is 0 Å². The van der Waals surface area contributed by atoms with Gasteiger partial charge in [0, 0.05) is 12.6 Å². The molecular formula is C15H26O3Si. The summed E-state index contributed by atoms with van der Waals surface area (Å²) in [5.41, 5.74) is 0. The van der Waals surface area contributed by atoms with Crippen molar-refractivity contribution in [3.8, 4) is 0 Å². The van der Waals surface area contributed by atoms with Gasteiger partial charge in [-0.25, -0.2) is 0 Å². The molecule has 0 N–H and O–H groups in total. The summed E-state index contributed by atoms with van der Waals surface area (Å²) < 4.78 is 17.4. The zero-order chi connectivity index (χ0) is 14.0. The van der Waals surface area contributed by atoms with Crippen molar-refractivity contribution in [1.82, 2.24) is 0 Å². The third kappa shape index (κ3) is 4.39. The van der Waals surface area contributed by atoms with E-state index in [-0.39, 0.29) is 0 Å². The summed E-state index contributed by atoms with van der Waals surface area (Å²) >= 11 is 0. The third-order valence-electron chi connectivity index (χ3n) is 3.90. The standard InChI is InChI=1S/C15H26O3Si/c1-11(2)17-19(5,18-12(3)4)9-8-13-6-7-14-15(10-13)16-14/h13-15H,1,3,6-10H2,2,4-5H3. The number of hydrogen-bond acceptors (Lipinski definition) is 3. The Hall–Kier alpha value is -0.743. The molecule has 2 aliphatic rings. The van der Waals surface area contributed by atoms with E-state index in [4.69, 9.17) is 13.6 Å². The first kappa shape index (κ1) is 14.7. The molecule has 0 aromatic rings. The van der Waals surface area contributed by atoms with E-state index < -0.39 is 8.56 Å². The molecule has 2 fully saturated rings. The van der Waals surface area contributed by atoms with Crippen LogP contribution in [0.4, 0.5) is 0 Å². The van der Waals surface area contributed by atoms with E-state index >= 15 is 0 Å². The van der Waals surface area contributed by atoms with Crippen molar-refractivity contribution < 1.29 is 13.6 Å². The lowest BCUT2D eigenvalue weighted by atomic mass is 9.88. The molecule has 3 unspecified atom stereocenters. The van der Waals surface area contributed by atoms with Crippen LogP contribution in [0.3, 0.4) is 0 Å². The second-order valence-electron chi connectivity index (χ2n) is 6.17. The lowest BCUT2D eigenvalue weighted by Gasteiger charge is -2.30. The van der Waals surface area contributed by atoms with Crippen molar-refractivity contribution in [1.29, 1.82) is 0 Å². The summed E-state index contributed by atoms with van der Waals surface area (Å²) in [5.74, 6) is 2.24. The second-order valence-corrected chi connectivity index (χ2v) is 9.35. The van der Waals surface area contributed by atoms with E-state index in [0.717, 1.165) is 29.9 Å². The van der Waals surface area contributed by atoms with Gasteiger partial charge in [-0.15, -0.1) is 0 Å². The van der Waals surface area contributed by atoms with E-state index in [1.54, 1.807) is 0 Å². The molecule has 0 spiro atoms. The van der Waals surface area contributed by atoms with E-state index in [0.29, 0.717) is 12.2 Å². The molecule has 108 valence electrons. The Balaban J connectivity index is 1.84. The third-order valence-corrected chi connectivity index (χ3v) is 6.66. The number of fused-ring (bicyclic) bond motifs is 1. The van der Waals surface area contributed by atoms with Crippen LogP contribution >= 0.6 is 0 Å². The average molecular weight is 282 g/mol. The van der Waals surface area contributed by atoms with Crippen molar-refractivity contribution in [2.75, 3.05) is 0 Å². The fourth-order valence-electron chi connectivity index (χ4n) is 3.08. The molecule has 0 amide bonds. The zero-order valence-electron chi connectivity index (χ0n) is 12.4. The van der Waals surface area contributed by atoms with Gasteiger partial charge in [-0.1, -0.05) is 13.2 Å². The first-order chi connectivity index (χ1) is 8.88. The zero-order valence-corrected chi connectivity index (χ0v) is 13.4. The minimum atomic E-state index is -2.21. The molecule has 1 saturated carbocycles. The Bertz CT molecular complexity index is 350. The van der Waals surface area contributed by atoms with Gasteiger partial charge >= 0.3 is 8.56 Å². The van der Waals surface area contributed by atoms with Crippen molar-refractivity contribution in [2.45, 2.75) is 64.3 Å². The van der Waals surface area contributed by atoms with Gasteiger partial charge in [0.25, 0.3) is 0 Å². The van der Waals surface area contributed by atoms with Crippen molar-refractivity contribution in [3.63, 3.8) is 0 Å². The smallest absolute Gasteiger partial charge is 0.456 e. The van der Waals surface area contributed by atoms with Gasteiger partial charge in [-0.3, -0.25) is 0 Å². The Morgan fingerprint density at radius 1 is 1.16 bits per heavy atom. The van der Waals surface area contributed by atoms with Crippen LogP contribution in [0.2, 0.25) is 12.6 Å². The molecule has 19 heavy (non-hydrogen) atoms. The fourth-order valence-corrected chi connectivity index (χ4v) is 5.73. The number of hydrogen-bond donors (Lipinski definition) is 0. The highest BCUT2D eigenvalue weighted by Crippen LogP contribution is 2.41. The van der Waals surface area contributed by atoms with Crippen LogP contribution in [0, 0.1) is 5.92 Å². The van der Waals surface area contributed by atoms with Gasteiger partial charge in [-0.2, -0.15) is 0 Å². The highest BCUT2D eigenvalue weighted by Gasteiger charge is 2.45. The van der Waals surface area contributed by atoms with Crippen LogP contribution in [-0.2, 0) is 13.6 Å². The number of rotatable bonds is 7. The van der Waals surface area contributed by atoms with Crippen LogP contribution in [-0.4, -0.2) is 20.8 Å². The van der Waals surface area contributed by atoms with Gasteiger partial charge in [-0.05, 0) is 45.4 Å². The van der Waals surface area contributed by atoms with E-state index in [1.807, 2.05) is 13.8 Å². The number of epoxide rings is 1. The summed E-state index contributed by atoms with van der Waals surface area (Å²) in [4.78, 5) is 0. The maximum Gasteiger partial charge on any atom is 0.456 e. The molecule has 0 aromatic heterocycles. The summed E-state index contributed by atoms with van der Waals surface area (Å²) in [7, 11) is -2.21. The van der Waals surface area contributed by atoms with E-state index in [1.165, 1.54) is 19.3 Å². The highest BCUT2D eigenvalue weighted by molar-refractivity contribution is 6.66. The monoisotopic (exact) mass is 282 g/mol. The first-order valence-electron chi connectivity index (χ1n) is 7.22. The summed E-state index contributed by atoms with van der Waals surface area (Å²) in [6.07, 6.45) is 6.03. The maximum atomic E-state index is 5.91. The molecule has 2 rings (SSSR count). The van der Waals surface area contributed by atoms with Crippen LogP contribution in [0.1, 0.15) is 39.5 Å². The SMILES string of the molecule is C=C(C)O[Si](C)(CCC1CCC2OC2C1)OC(=C)C. The molecule has 3 atom stereocenters. The van der Waals surface area contributed by atoms with Crippen molar-refractivity contribution in [3.05, 3.63) is 24.7 Å². The largest absolute Gasteiger partial charge is 0.517 e. The normalized spacial score (nSPS) is 29.3. The molecule has 0 aromatic carbocycles. The summed E-state index contributed by atoms with van der Waals surface area (Å²) in [5, 5.41) is 0. The lowest BCUT2D eigenvalue weighted by Crippen LogP contribution is -2.38. The average Bonchev–Trinajstić information content (AvgIpc) is 3.02. The summed E-state index contributed by atoms with van der Waals surface area (Å²) in [6, 6.07) is 0.995. The molecule has 1 saturated heterocycles. The van der Waals surface area contributed by atoms with Crippen LogP contribution in [0.25, 0.3) is 0 Å². The van der Waals surface area contributed by atoms with Crippen LogP contribution in [0.5, 0.6) is 0 Å². The quantitative estimate of drug-likeness (QED) is 0.400. The van der Waals surface area contributed by atoms with E-state index in [2.05, 4.69) is 19.7 Å². The Morgan fingerprint density at radius 3 is 2.32 bits per heavy atom. The van der Waals surface area contributed by atoms with Crippen molar-refractivity contribution in [2.24, 2.45) is 5.92 Å². The molecule has 3 nitrogen and oxygen atoms in total. The van der Waals surface area contributed by atoms with E-state index in [9.17, 15) is 0 Å². The Morgan fingerprint density at radius 2 is 1.79 bits per heavy atom. The number of allylic oxidation sites excluding steroid dienone is 2. The van der Waals surface area contributed by atoms with Gasteiger partial charge in [0.2, 0.25) is 0 Å². The molecular weight excluding hydrogens is 256 g/mol. The highest BCUT2D eigenvalue weighted by atomic mass is 28.4. The van der Waals surface area contributed by atoms with Gasteiger partial charge < -0.3 is 13.6 Å². The Labute approximate surface area is 117 Å². The predicted molar refractivity (Wildman–Crippen MR) is 78.8 cm³/mol. The number of ether oxygens (including phenoxy) is 1. The summed E-state index contributed by atoms with van der Waals surface area (Å²) in [6.45, 7) is 13.6. The maximum absolute atomic E-state index is 5.91. The van der Waals surface area contributed by atoms with Crippen molar-refractivity contribution >= 4 is 8.56 Å². The molecule has 1 aliphatic heterocycles. The Kier molecular flexibility index (Phi) is 4.41. The minimum Gasteiger partial charge on any atom is -0.517 e. The molecule has 4 heteroatoms. The topological polar surface area (TPSA) is 31.0 Å². The van der Waals surface area contributed by atoms with Gasteiger partial charge in [0.05, 0.1) is 23.7 Å². The molecule has 0 radical (unpaired) electrons. The fraction of sp³-hybridized carbons (Fsp3) is 0.733. The minimum absolute atomic E-state index is 0.552. The second kappa shape index (κ2) is 5.71. The van der Waals surface area contributed by atoms with Crippen LogP contribution < -0.4 is 0 Å². The molecule has 1 heterocycles. The van der Waals surface area contributed by atoms with Crippen LogP contribution in [0.15, 0.2) is 24.7 Å². The molecule has 0 bridgehead atoms. The predicted octanol–water partition coefficient (Wildman–Crippen LogP) is 4.12. The first-order valence-corrected chi connectivity index (χ1v) is 9.75. The molecule has 1 aliphatic carbocycles. The lowest BCUT2D eigenvalue weighted by molar-refractivity contribution is 0.260. The van der Waals surface area contributed by atoms with Gasteiger partial charge in [0.1, 0.15) is 0 Å².